The Morgan fingerprint density at radius 1 is 1.12 bits per heavy atom. The monoisotopic (exact) mass is 317 g/mol. The number of hydrogen-bond donors (Lipinski definition) is 0. The lowest BCUT2D eigenvalue weighted by atomic mass is 10.1. The van der Waals surface area contributed by atoms with Gasteiger partial charge in [0.05, 0.1) is 0 Å². The van der Waals surface area contributed by atoms with Gasteiger partial charge in [-0.05, 0) is 13.0 Å². The minimum atomic E-state index is 0.424. The standard InChI is InChI=1S/C19H15N3O2/c1-13-6-8-14(9-7-13)19-20-18(24-21-19)11-22-10-15(12-23)16-4-2-3-5-17(16)22/h2-10,12H,11H2,1H3. The van der Waals surface area contributed by atoms with Gasteiger partial charge in [0.2, 0.25) is 11.7 Å². The quantitative estimate of drug-likeness (QED) is 0.536. The van der Waals surface area contributed by atoms with Crippen LogP contribution in [0.3, 0.4) is 0 Å². The van der Waals surface area contributed by atoms with Gasteiger partial charge in [0.1, 0.15) is 6.54 Å². The van der Waals surface area contributed by atoms with Crippen molar-refractivity contribution < 1.29 is 9.32 Å². The Balaban J connectivity index is 1.67. The van der Waals surface area contributed by atoms with E-state index in [0.29, 0.717) is 23.8 Å². The van der Waals surface area contributed by atoms with Crippen molar-refractivity contribution in [2.24, 2.45) is 0 Å². The van der Waals surface area contributed by atoms with E-state index in [9.17, 15) is 4.79 Å². The fourth-order valence-corrected chi connectivity index (χ4v) is 2.78. The van der Waals surface area contributed by atoms with Crippen molar-refractivity contribution in [2.75, 3.05) is 0 Å². The third kappa shape index (κ3) is 2.50. The van der Waals surface area contributed by atoms with Crippen LogP contribution in [0.15, 0.2) is 59.3 Å². The van der Waals surface area contributed by atoms with Crippen LogP contribution in [0.25, 0.3) is 22.3 Å². The van der Waals surface area contributed by atoms with Crippen molar-refractivity contribution in [3.05, 3.63) is 71.7 Å². The fraction of sp³-hybridized carbons (Fsp3) is 0.105. The van der Waals surface area contributed by atoms with E-state index in [4.69, 9.17) is 4.52 Å². The minimum absolute atomic E-state index is 0.424. The van der Waals surface area contributed by atoms with Gasteiger partial charge in [0, 0.05) is 28.2 Å². The molecule has 0 amide bonds. The minimum Gasteiger partial charge on any atom is -0.337 e. The second-order valence-electron chi connectivity index (χ2n) is 5.73. The van der Waals surface area contributed by atoms with E-state index < -0.39 is 0 Å². The van der Waals surface area contributed by atoms with E-state index in [1.807, 2.05) is 66.2 Å². The Labute approximate surface area is 138 Å². The average molecular weight is 317 g/mol. The summed E-state index contributed by atoms with van der Waals surface area (Å²) < 4.78 is 7.32. The van der Waals surface area contributed by atoms with E-state index in [1.54, 1.807) is 0 Å². The number of aromatic nitrogens is 3. The second-order valence-corrected chi connectivity index (χ2v) is 5.73. The molecule has 0 radical (unpaired) electrons. The summed E-state index contributed by atoms with van der Waals surface area (Å²) in [6, 6.07) is 15.7. The maximum absolute atomic E-state index is 11.2. The maximum Gasteiger partial charge on any atom is 0.246 e. The number of rotatable bonds is 4. The molecule has 0 fully saturated rings. The number of hydrogen-bond acceptors (Lipinski definition) is 4. The van der Waals surface area contributed by atoms with Crippen molar-refractivity contribution in [1.29, 1.82) is 0 Å². The van der Waals surface area contributed by atoms with E-state index >= 15 is 0 Å². The van der Waals surface area contributed by atoms with Gasteiger partial charge in [0.25, 0.3) is 0 Å². The van der Waals surface area contributed by atoms with Crippen molar-refractivity contribution in [2.45, 2.75) is 13.5 Å². The summed E-state index contributed by atoms with van der Waals surface area (Å²) in [7, 11) is 0. The van der Waals surface area contributed by atoms with E-state index in [1.165, 1.54) is 5.56 Å². The number of aryl methyl sites for hydroxylation is 1. The van der Waals surface area contributed by atoms with Gasteiger partial charge < -0.3 is 9.09 Å². The van der Waals surface area contributed by atoms with Crippen LogP contribution in [-0.2, 0) is 6.54 Å². The van der Waals surface area contributed by atoms with Crippen LogP contribution >= 0.6 is 0 Å². The molecule has 2 aromatic heterocycles. The van der Waals surface area contributed by atoms with Crippen LogP contribution in [0.4, 0.5) is 0 Å². The second kappa shape index (κ2) is 5.77. The summed E-state index contributed by atoms with van der Waals surface area (Å²) in [6.07, 6.45) is 2.68. The SMILES string of the molecule is Cc1ccc(-c2noc(Cn3cc(C=O)c4ccccc43)n2)cc1. The van der Waals surface area contributed by atoms with Crippen molar-refractivity contribution in [3.8, 4) is 11.4 Å². The molecule has 0 atom stereocenters. The van der Waals surface area contributed by atoms with E-state index in [2.05, 4.69) is 10.1 Å². The summed E-state index contributed by atoms with van der Waals surface area (Å²) in [5, 5.41) is 4.97. The molecule has 4 aromatic rings. The highest BCUT2D eigenvalue weighted by Gasteiger charge is 2.12. The normalized spacial score (nSPS) is 11.0. The topological polar surface area (TPSA) is 60.9 Å². The number of nitrogens with zero attached hydrogens (tertiary/aromatic N) is 3. The average Bonchev–Trinajstić information content (AvgIpc) is 3.21. The van der Waals surface area contributed by atoms with Crippen LogP contribution in [0.1, 0.15) is 21.8 Å². The molecule has 2 heterocycles. The molecule has 0 aliphatic rings. The van der Waals surface area contributed by atoms with Crippen LogP contribution < -0.4 is 0 Å². The van der Waals surface area contributed by atoms with Gasteiger partial charge >= 0.3 is 0 Å². The first kappa shape index (κ1) is 14.4. The number of fused-ring (bicyclic) bond motifs is 1. The molecule has 0 saturated heterocycles. The zero-order valence-corrected chi connectivity index (χ0v) is 13.1. The van der Waals surface area contributed by atoms with E-state index in [-0.39, 0.29) is 0 Å². The van der Waals surface area contributed by atoms with Crippen LogP contribution in [0, 0.1) is 6.92 Å². The lowest BCUT2D eigenvalue weighted by molar-refractivity contribution is 0.112. The van der Waals surface area contributed by atoms with Crippen molar-refractivity contribution >= 4 is 17.2 Å². The first-order valence-corrected chi connectivity index (χ1v) is 7.67. The highest BCUT2D eigenvalue weighted by Crippen LogP contribution is 2.22. The summed E-state index contributed by atoms with van der Waals surface area (Å²) in [6.45, 7) is 2.46. The molecule has 0 saturated carbocycles. The molecule has 0 bridgehead atoms. The molecular formula is C19H15N3O2. The van der Waals surface area contributed by atoms with Crippen LogP contribution in [-0.4, -0.2) is 21.0 Å². The Hall–Kier alpha value is -3.21. The predicted molar refractivity (Wildman–Crippen MR) is 90.9 cm³/mol. The Morgan fingerprint density at radius 2 is 1.92 bits per heavy atom. The number of benzene rings is 2. The van der Waals surface area contributed by atoms with Gasteiger partial charge in [-0.25, -0.2) is 0 Å². The number of carbonyl (C=O) groups excluding carboxylic acids is 1. The van der Waals surface area contributed by atoms with Crippen LogP contribution in [0.2, 0.25) is 0 Å². The van der Waals surface area contributed by atoms with Gasteiger partial charge in [-0.3, -0.25) is 4.79 Å². The highest BCUT2D eigenvalue weighted by atomic mass is 16.5. The molecule has 118 valence electrons. The smallest absolute Gasteiger partial charge is 0.246 e. The van der Waals surface area contributed by atoms with Gasteiger partial charge in [-0.1, -0.05) is 53.2 Å². The highest BCUT2D eigenvalue weighted by molar-refractivity contribution is 5.97. The molecule has 5 nitrogen and oxygen atoms in total. The Morgan fingerprint density at radius 3 is 2.71 bits per heavy atom. The summed E-state index contributed by atoms with van der Waals surface area (Å²) in [4.78, 5) is 15.7. The largest absolute Gasteiger partial charge is 0.337 e. The molecule has 0 aliphatic heterocycles. The van der Waals surface area contributed by atoms with Crippen molar-refractivity contribution in [3.63, 3.8) is 0 Å². The molecule has 0 unspecified atom stereocenters. The molecule has 0 N–H and O–H groups in total. The number of para-hydroxylation sites is 1. The maximum atomic E-state index is 11.2. The Kier molecular flexibility index (Phi) is 3.46. The number of aldehydes is 1. The lowest BCUT2D eigenvalue weighted by Gasteiger charge is -2.00. The Bertz CT molecular complexity index is 1010. The summed E-state index contributed by atoms with van der Waals surface area (Å²) >= 11 is 0. The van der Waals surface area contributed by atoms with Gasteiger partial charge in [0.15, 0.2) is 6.29 Å². The van der Waals surface area contributed by atoms with E-state index in [0.717, 1.165) is 22.8 Å². The molecule has 0 aliphatic carbocycles. The first-order valence-electron chi connectivity index (χ1n) is 7.67. The van der Waals surface area contributed by atoms with Crippen molar-refractivity contribution in [1.82, 2.24) is 14.7 Å². The number of carbonyl (C=O) groups is 1. The van der Waals surface area contributed by atoms with Gasteiger partial charge in [-0.15, -0.1) is 0 Å². The lowest BCUT2D eigenvalue weighted by Crippen LogP contribution is -1.98. The zero-order valence-electron chi connectivity index (χ0n) is 13.1. The molecular weight excluding hydrogens is 302 g/mol. The molecule has 2 aromatic carbocycles. The van der Waals surface area contributed by atoms with Crippen LogP contribution in [0.5, 0.6) is 0 Å². The van der Waals surface area contributed by atoms with Gasteiger partial charge in [-0.2, -0.15) is 4.98 Å². The fourth-order valence-electron chi connectivity index (χ4n) is 2.78. The molecule has 4 rings (SSSR count). The zero-order chi connectivity index (χ0) is 16.5. The molecule has 5 heteroatoms. The summed E-state index contributed by atoms with van der Waals surface area (Å²) in [5.74, 6) is 1.07. The third-order valence-electron chi connectivity index (χ3n) is 4.03. The third-order valence-corrected chi connectivity index (χ3v) is 4.03. The summed E-state index contributed by atoms with van der Waals surface area (Å²) in [5.41, 5.74) is 3.72. The predicted octanol–water partition coefficient (Wildman–Crippen LogP) is 3.86. The molecule has 0 spiro atoms. The first-order chi connectivity index (χ1) is 11.7. The molecule has 24 heavy (non-hydrogen) atoms.